The minimum absolute atomic E-state index is 0.0476. The SMILES string of the molecule is C=CCCC(=O)NC[C@H](OC(=O)[C@@H]1[C@H]2O[C@@]3(CC2Br)[C@H](C(=O)N(CC=C)C(C)C)N([C@@H](CC)CO)C(=O)[C@@H]13)c1ccccc1. The number of fused-ring (bicyclic) bond motifs is 1. The van der Waals surface area contributed by atoms with Crippen LogP contribution in [0.2, 0.25) is 0 Å². The van der Waals surface area contributed by atoms with Gasteiger partial charge in [-0.3, -0.25) is 19.2 Å². The molecule has 10 nitrogen and oxygen atoms in total. The summed E-state index contributed by atoms with van der Waals surface area (Å²) >= 11 is 3.69. The molecule has 3 aliphatic rings. The van der Waals surface area contributed by atoms with Gasteiger partial charge in [0.1, 0.15) is 17.7 Å². The smallest absolute Gasteiger partial charge is 0.313 e. The van der Waals surface area contributed by atoms with E-state index < -0.39 is 53.6 Å². The molecule has 240 valence electrons. The number of ether oxygens (including phenoxy) is 2. The summed E-state index contributed by atoms with van der Waals surface area (Å²) in [5.74, 6) is -3.50. The number of carbonyl (C=O) groups is 4. The number of hydrogen-bond donors (Lipinski definition) is 2. The van der Waals surface area contributed by atoms with Crippen molar-refractivity contribution in [3.8, 4) is 0 Å². The highest BCUT2D eigenvalue weighted by molar-refractivity contribution is 9.09. The first-order valence-electron chi connectivity index (χ1n) is 15.3. The Morgan fingerprint density at radius 3 is 2.55 bits per heavy atom. The van der Waals surface area contributed by atoms with Gasteiger partial charge in [0.25, 0.3) is 0 Å². The van der Waals surface area contributed by atoms with E-state index in [0.29, 0.717) is 24.8 Å². The molecule has 0 aliphatic carbocycles. The predicted molar refractivity (Wildman–Crippen MR) is 168 cm³/mol. The number of aliphatic hydroxyl groups is 1. The maximum atomic E-state index is 14.3. The average Bonchev–Trinajstić information content (AvgIpc) is 3.61. The number of esters is 1. The van der Waals surface area contributed by atoms with Gasteiger partial charge in [-0.2, -0.15) is 0 Å². The number of allylic oxidation sites excluding steroid dienone is 1. The summed E-state index contributed by atoms with van der Waals surface area (Å²) < 4.78 is 12.7. The summed E-state index contributed by atoms with van der Waals surface area (Å²) in [6.07, 6.45) is 3.32. The zero-order chi connectivity index (χ0) is 32.2. The molecule has 3 fully saturated rings. The summed E-state index contributed by atoms with van der Waals surface area (Å²) in [4.78, 5) is 58.0. The maximum Gasteiger partial charge on any atom is 0.313 e. The monoisotopic (exact) mass is 673 g/mol. The van der Waals surface area contributed by atoms with Gasteiger partial charge in [0.15, 0.2) is 0 Å². The van der Waals surface area contributed by atoms with E-state index in [4.69, 9.17) is 9.47 Å². The Balaban J connectivity index is 1.69. The van der Waals surface area contributed by atoms with Crippen LogP contribution in [0.1, 0.15) is 58.1 Å². The first-order valence-corrected chi connectivity index (χ1v) is 16.3. The molecule has 3 aliphatic heterocycles. The first kappa shape index (κ1) is 33.9. The number of carbonyl (C=O) groups excluding carboxylic acids is 4. The van der Waals surface area contributed by atoms with E-state index in [1.807, 2.05) is 51.1 Å². The molecule has 0 saturated carbocycles. The number of aliphatic hydroxyl groups excluding tert-OH is 1. The fourth-order valence-electron chi connectivity index (χ4n) is 6.92. The molecule has 0 radical (unpaired) electrons. The van der Waals surface area contributed by atoms with Gasteiger partial charge >= 0.3 is 5.97 Å². The lowest BCUT2D eigenvalue weighted by atomic mass is 9.70. The van der Waals surface area contributed by atoms with Crippen LogP contribution in [-0.4, -0.2) is 93.0 Å². The van der Waals surface area contributed by atoms with E-state index in [1.165, 1.54) is 4.90 Å². The van der Waals surface area contributed by atoms with E-state index in [2.05, 4.69) is 34.4 Å². The Morgan fingerprint density at radius 1 is 1.25 bits per heavy atom. The Kier molecular flexibility index (Phi) is 11.1. The maximum absolute atomic E-state index is 14.3. The van der Waals surface area contributed by atoms with Gasteiger partial charge in [0, 0.05) is 23.8 Å². The molecule has 1 unspecified atom stereocenters. The van der Waals surface area contributed by atoms with Crippen LogP contribution in [0.4, 0.5) is 0 Å². The minimum Gasteiger partial charge on any atom is -0.455 e. The molecule has 2 N–H and O–H groups in total. The van der Waals surface area contributed by atoms with Gasteiger partial charge in [0.05, 0.1) is 37.1 Å². The quantitative estimate of drug-likeness (QED) is 0.166. The third-order valence-electron chi connectivity index (χ3n) is 9.03. The summed E-state index contributed by atoms with van der Waals surface area (Å²) in [6.45, 7) is 13.1. The molecule has 44 heavy (non-hydrogen) atoms. The fourth-order valence-corrected chi connectivity index (χ4v) is 7.86. The summed E-state index contributed by atoms with van der Waals surface area (Å²) in [7, 11) is 0. The second-order valence-corrected chi connectivity index (χ2v) is 13.2. The number of amides is 3. The van der Waals surface area contributed by atoms with Crippen molar-refractivity contribution < 1.29 is 33.8 Å². The molecular weight excluding hydrogens is 630 g/mol. The number of halogens is 1. The van der Waals surface area contributed by atoms with E-state index in [0.717, 1.165) is 0 Å². The van der Waals surface area contributed by atoms with Gasteiger partial charge in [-0.05, 0) is 38.7 Å². The van der Waals surface area contributed by atoms with Gasteiger partial charge in [-0.1, -0.05) is 65.3 Å². The molecule has 4 rings (SSSR count). The number of nitrogens with one attached hydrogen (secondary N) is 1. The van der Waals surface area contributed by atoms with Crippen LogP contribution < -0.4 is 5.32 Å². The molecule has 3 amide bonds. The Bertz CT molecular complexity index is 1240. The largest absolute Gasteiger partial charge is 0.455 e. The van der Waals surface area contributed by atoms with Crippen molar-refractivity contribution in [3.05, 3.63) is 61.2 Å². The van der Waals surface area contributed by atoms with Crippen molar-refractivity contribution in [2.24, 2.45) is 11.8 Å². The fraction of sp³-hybridized carbons (Fsp3) is 0.576. The van der Waals surface area contributed by atoms with Crippen LogP contribution in [0.5, 0.6) is 0 Å². The summed E-state index contributed by atoms with van der Waals surface area (Å²) in [5, 5.41) is 13.1. The highest BCUT2D eigenvalue weighted by Crippen LogP contribution is 2.61. The summed E-state index contributed by atoms with van der Waals surface area (Å²) in [6, 6.07) is 7.25. The zero-order valence-corrected chi connectivity index (χ0v) is 27.3. The number of likely N-dealkylation sites (tertiary alicyclic amines) is 1. The molecule has 1 aromatic rings. The Labute approximate surface area is 267 Å². The lowest BCUT2D eigenvalue weighted by Gasteiger charge is -2.40. The van der Waals surface area contributed by atoms with E-state index in [-0.39, 0.29) is 48.8 Å². The minimum atomic E-state index is -1.28. The lowest BCUT2D eigenvalue weighted by Crippen LogP contribution is -2.59. The second kappa shape index (κ2) is 14.4. The highest BCUT2D eigenvalue weighted by Gasteiger charge is 2.77. The Hall–Kier alpha value is -3.02. The van der Waals surface area contributed by atoms with Crippen molar-refractivity contribution in [2.75, 3.05) is 19.7 Å². The van der Waals surface area contributed by atoms with Crippen molar-refractivity contribution in [1.82, 2.24) is 15.1 Å². The number of alkyl halides is 1. The normalized spacial score (nSPS) is 28.4. The number of rotatable bonds is 15. The molecule has 11 heteroatoms. The van der Waals surface area contributed by atoms with E-state index in [1.54, 1.807) is 17.1 Å². The van der Waals surface area contributed by atoms with Crippen LogP contribution in [0.25, 0.3) is 0 Å². The number of nitrogens with zero attached hydrogens (tertiary/aromatic N) is 2. The van der Waals surface area contributed by atoms with Gasteiger partial charge < -0.3 is 29.7 Å². The van der Waals surface area contributed by atoms with Gasteiger partial charge in [0.2, 0.25) is 17.7 Å². The molecule has 1 aromatic carbocycles. The highest BCUT2D eigenvalue weighted by atomic mass is 79.9. The Morgan fingerprint density at radius 2 is 1.95 bits per heavy atom. The van der Waals surface area contributed by atoms with Crippen LogP contribution in [0, 0.1) is 11.8 Å². The van der Waals surface area contributed by atoms with Crippen molar-refractivity contribution in [1.29, 1.82) is 0 Å². The standard InChI is InChI=1S/C33H44BrN3O7/c1-6-9-15-25(39)35-18-24(21-13-11-10-12-14-21)43-32(42)26-27-30(40)37(22(8-3)19-38)29(31(41)36(16-7-2)20(4)5)33(27)17-23(34)28(26)44-33/h6-7,10-14,20,22-24,26-29,38H,1-2,8-9,15-19H2,3-5H3,(H,35,39)/t22-,23?,24-,26-,27+,28-,29-,33+/m0/s1. The van der Waals surface area contributed by atoms with E-state index >= 15 is 0 Å². The van der Waals surface area contributed by atoms with Crippen LogP contribution in [0.15, 0.2) is 55.6 Å². The third-order valence-corrected chi connectivity index (χ3v) is 9.88. The molecule has 3 saturated heterocycles. The van der Waals surface area contributed by atoms with Crippen LogP contribution >= 0.6 is 15.9 Å². The van der Waals surface area contributed by atoms with Crippen molar-refractivity contribution in [3.63, 3.8) is 0 Å². The zero-order valence-electron chi connectivity index (χ0n) is 25.7. The molecular formula is C33H44BrN3O7. The van der Waals surface area contributed by atoms with Gasteiger partial charge in [-0.15, -0.1) is 13.2 Å². The second-order valence-electron chi connectivity index (χ2n) is 12.0. The van der Waals surface area contributed by atoms with Crippen LogP contribution in [-0.2, 0) is 28.7 Å². The predicted octanol–water partition coefficient (Wildman–Crippen LogP) is 3.30. The van der Waals surface area contributed by atoms with Crippen molar-refractivity contribution in [2.45, 2.75) is 87.2 Å². The summed E-state index contributed by atoms with van der Waals surface area (Å²) in [5.41, 5.74) is -0.593. The number of benzene rings is 1. The van der Waals surface area contributed by atoms with Crippen molar-refractivity contribution >= 4 is 39.6 Å². The van der Waals surface area contributed by atoms with Crippen LogP contribution in [0.3, 0.4) is 0 Å². The molecule has 3 heterocycles. The average molecular weight is 675 g/mol. The molecule has 8 atom stereocenters. The molecule has 2 bridgehead atoms. The molecule has 0 aromatic heterocycles. The topological polar surface area (TPSA) is 125 Å². The van der Waals surface area contributed by atoms with E-state index in [9.17, 15) is 24.3 Å². The third kappa shape index (κ3) is 6.23. The first-order chi connectivity index (χ1) is 21.1. The molecule has 1 spiro atoms. The van der Waals surface area contributed by atoms with Gasteiger partial charge in [-0.25, -0.2) is 0 Å². The number of hydrogen-bond acceptors (Lipinski definition) is 7. The lowest BCUT2D eigenvalue weighted by molar-refractivity contribution is -0.161.